The largest absolute Gasteiger partial charge is 0.317 e. The molecule has 0 bridgehead atoms. The van der Waals surface area contributed by atoms with Crippen LogP contribution in [0.5, 0.6) is 0 Å². The molecule has 0 aliphatic rings. The summed E-state index contributed by atoms with van der Waals surface area (Å²) >= 11 is 0. The molecule has 22 rings (SSSR count). The molecular formula is C103H74N8. The van der Waals surface area contributed by atoms with E-state index in [9.17, 15) is 0 Å². The van der Waals surface area contributed by atoms with Crippen molar-refractivity contribution in [2.45, 2.75) is 20.8 Å². The molecule has 0 saturated carbocycles. The van der Waals surface area contributed by atoms with Crippen LogP contribution in [0.25, 0.3) is 143 Å². The van der Waals surface area contributed by atoms with E-state index in [2.05, 4.69) is 453 Å². The Labute approximate surface area is 642 Å². The van der Waals surface area contributed by atoms with Gasteiger partial charge in [-0.1, -0.05) is 187 Å². The van der Waals surface area contributed by atoms with Crippen LogP contribution in [-0.4, -0.2) is 27.4 Å². The third-order valence-electron chi connectivity index (χ3n) is 22.5. The van der Waals surface area contributed by atoms with Gasteiger partial charge in [0.05, 0.1) is 55.2 Å². The fourth-order valence-corrected chi connectivity index (χ4v) is 17.2. The van der Waals surface area contributed by atoms with E-state index < -0.39 is 0 Å². The van der Waals surface area contributed by atoms with E-state index in [-0.39, 0.29) is 0 Å². The van der Waals surface area contributed by atoms with Crippen LogP contribution in [0.2, 0.25) is 0 Å². The number of anilines is 6. The molecule has 0 spiro atoms. The number of rotatable bonds is 12. The first-order valence-corrected chi connectivity index (χ1v) is 38.1. The van der Waals surface area contributed by atoms with Crippen LogP contribution in [0.3, 0.4) is 0 Å². The number of para-hydroxylation sites is 7. The SMILES string of the molecule is Cc1ccc(-n2c3ccccc3c3cc(N(c4ccccc4)c4cccc(-n5c6ccccc6c6cc7c(ccn7-c7ccccc7)cc65)c4)ccc32)cc1.Cc1ccc(N(c2ccc(-n3c4ccccc4c4cc5c(ccn5-c5ccccc5)cc43)cc2)c2ccc3c(c2)c2ccccc2n3-c2ccc(C)cc2)cc1. The molecule has 8 nitrogen and oxygen atoms in total. The van der Waals surface area contributed by atoms with E-state index in [4.69, 9.17) is 0 Å². The van der Waals surface area contributed by atoms with Gasteiger partial charge in [0.25, 0.3) is 0 Å². The highest BCUT2D eigenvalue weighted by molar-refractivity contribution is 6.16. The predicted molar refractivity (Wildman–Crippen MR) is 467 cm³/mol. The molecule has 526 valence electrons. The zero-order valence-electron chi connectivity index (χ0n) is 61.6. The van der Waals surface area contributed by atoms with Crippen molar-refractivity contribution in [1.29, 1.82) is 0 Å². The number of nitrogens with zero attached hydrogens (tertiary/aromatic N) is 8. The minimum atomic E-state index is 1.09. The fraction of sp³-hybridized carbons (Fsp3) is 0.0291. The van der Waals surface area contributed by atoms with Gasteiger partial charge in [0.15, 0.2) is 0 Å². The van der Waals surface area contributed by atoms with Crippen LogP contribution in [0.15, 0.2) is 395 Å². The molecule has 0 saturated heterocycles. The standard InChI is InChI=1S/C52H38N4.C51H36N4/c1-35-16-20-39(21-17-35)54(43-28-29-50-46(33-43)44-12-6-8-14-48(44)55(50)41-22-18-36(2)19-23-41)40-24-26-42(27-25-40)56-49-15-9-7-13-45(49)47-34-51-37(32-52(47)56)30-31-53(51)38-10-4-3-5-11-38;1-35-23-25-39(26-24-35)54-47-21-10-8-19-43(47)45-33-42(27-28-49(45)54)53(38-15-6-3-7-16-38)40-17-12-18-41(32-40)55-48-22-11-9-20-44(48)46-34-50-36(31-51(46)55)29-30-52(50)37-13-4-2-5-14-37/h3-34H,1-2H3;2-34H,1H3. The molecule has 16 aromatic carbocycles. The zero-order chi connectivity index (χ0) is 73.8. The second-order valence-electron chi connectivity index (χ2n) is 29.3. The topological polar surface area (TPSA) is 36.1 Å². The molecule has 0 N–H and O–H groups in total. The summed E-state index contributed by atoms with van der Waals surface area (Å²) in [6.45, 7) is 6.42. The lowest BCUT2D eigenvalue weighted by atomic mass is 10.1. The van der Waals surface area contributed by atoms with E-state index in [1.807, 2.05) is 0 Å². The molecule has 22 aromatic rings. The van der Waals surface area contributed by atoms with Crippen LogP contribution in [-0.2, 0) is 0 Å². The molecule has 0 amide bonds. The van der Waals surface area contributed by atoms with Gasteiger partial charge in [-0.2, -0.15) is 0 Å². The van der Waals surface area contributed by atoms with E-state index in [0.29, 0.717) is 0 Å². The summed E-state index contributed by atoms with van der Waals surface area (Å²) in [6.07, 6.45) is 4.36. The maximum Gasteiger partial charge on any atom is 0.0548 e. The molecule has 6 aromatic heterocycles. The van der Waals surface area contributed by atoms with Crippen molar-refractivity contribution in [3.63, 3.8) is 0 Å². The summed E-state index contributed by atoms with van der Waals surface area (Å²) in [6, 6.07) is 139. The second kappa shape index (κ2) is 26.4. The highest BCUT2D eigenvalue weighted by Crippen LogP contribution is 2.45. The number of aryl methyl sites for hydroxylation is 3. The van der Waals surface area contributed by atoms with Crippen LogP contribution < -0.4 is 9.80 Å². The minimum Gasteiger partial charge on any atom is -0.317 e. The van der Waals surface area contributed by atoms with Crippen LogP contribution in [0, 0.1) is 20.8 Å². The first-order valence-electron chi connectivity index (χ1n) is 38.1. The Morgan fingerprint density at radius 2 is 0.459 bits per heavy atom. The summed E-state index contributed by atoms with van der Waals surface area (Å²) < 4.78 is 14.2. The summed E-state index contributed by atoms with van der Waals surface area (Å²) in [5.41, 5.74) is 29.2. The number of fused-ring (bicyclic) bond motifs is 14. The Morgan fingerprint density at radius 1 is 0.171 bits per heavy atom. The van der Waals surface area contributed by atoms with Crippen molar-refractivity contribution in [3.8, 4) is 34.1 Å². The lowest BCUT2D eigenvalue weighted by molar-refractivity contribution is 1.13. The summed E-state index contributed by atoms with van der Waals surface area (Å²) in [4.78, 5) is 4.76. The third-order valence-corrected chi connectivity index (χ3v) is 22.5. The van der Waals surface area contributed by atoms with Crippen LogP contribution in [0.4, 0.5) is 34.1 Å². The quantitative estimate of drug-likeness (QED) is 0.122. The molecule has 0 atom stereocenters. The number of aromatic nitrogens is 6. The maximum absolute atomic E-state index is 2.43. The van der Waals surface area contributed by atoms with Crippen molar-refractivity contribution in [1.82, 2.24) is 27.4 Å². The monoisotopic (exact) mass is 1420 g/mol. The molecule has 6 heterocycles. The molecule has 0 aliphatic carbocycles. The highest BCUT2D eigenvalue weighted by Gasteiger charge is 2.24. The first-order chi connectivity index (χ1) is 54.8. The van der Waals surface area contributed by atoms with Crippen LogP contribution >= 0.6 is 0 Å². The van der Waals surface area contributed by atoms with Crippen molar-refractivity contribution >= 4 is 143 Å². The van der Waals surface area contributed by atoms with Gasteiger partial charge in [-0.25, -0.2) is 0 Å². The van der Waals surface area contributed by atoms with Gasteiger partial charge in [-0.3, -0.25) is 0 Å². The van der Waals surface area contributed by atoms with Crippen molar-refractivity contribution in [3.05, 3.63) is 411 Å². The van der Waals surface area contributed by atoms with E-state index in [1.54, 1.807) is 0 Å². The molecule has 111 heavy (non-hydrogen) atoms. The second-order valence-corrected chi connectivity index (χ2v) is 29.3. The first kappa shape index (κ1) is 64.8. The molecule has 0 fully saturated rings. The average Bonchev–Trinajstić information content (AvgIpc) is 1.58. The van der Waals surface area contributed by atoms with E-state index >= 15 is 0 Å². The Hall–Kier alpha value is -14.6. The smallest absolute Gasteiger partial charge is 0.0548 e. The number of benzene rings is 16. The molecule has 0 unspecified atom stereocenters. The van der Waals surface area contributed by atoms with Gasteiger partial charge in [0, 0.05) is 135 Å². The minimum absolute atomic E-state index is 1.09. The molecule has 8 heteroatoms. The van der Waals surface area contributed by atoms with Gasteiger partial charge in [0.2, 0.25) is 0 Å². The molecule has 0 aliphatic heterocycles. The Morgan fingerprint density at radius 3 is 0.892 bits per heavy atom. The van der Waals surface area contributed by atoms with Gasteiger partial charge in [-0.05, 0) is 233 Å². The summed E-state index contributed by atoms with van der Waals surface area (Å²) in [7, 11) is 0. The average molecular weight is 1420 g/mol. The van der Waals surface area contributed by atoms with Gasteiger partial charge < -0.3 is 37.2 Å². The van der Waals surface area contributed by atoms with Crippen molar-refractivity contribution in [2.24, 2.45) is 0 Å². The van der Waals surface area contributed by atoms with E-state index in [0.717, 1.165) is 62.6 Å². The van der Waals surface area contributed by atoms with Crippen molar-refractivity contribution < 1.29 is 0 Å². The Balaban J connectivity index is 0.000000141. The van der Waals surface area contributed by atoms with Gasteiger partial charge in [-0.15, -0.1) is 0 Å². The van der Waals surface area contributed by atoms with Gasteiger partial charge in [0.1, 0.15) is 0 Å². The lowest BCUT2D eigenvalue weighted by Gasteiger charge is -2.26. The Bertz CT molecular complexity index is 7320. The van der Waals surface area contributed by atoms with Gasteiger partial charge >= 0.3 is 0 Å². The Kier molecular flexibility index (Phi) is 15.4. The summed E-state index contributed by atoms with van der Waals surface area (Å²) in [5, 5.41) is 12.3. The molecule has 0 radical (unpaired) electrons. The van der Waals surface area contributed by atoms with Crippen LogP contribution in [0.1, 0.15) is 16.7 Å². The zero-order valence-corrected chi connectivity index (χ0v) is 61.6. The predicted octanol–water partition coefficient (Wildman–Crippen LogP) is 27.5. The normalized spacial score (nSPS) is 11.7. The maximum atomic E-state index is 2.43. The molecular weight excluding hydrogens is 1350 g/mol. The lowest BCUT2D eigenvalue weighted by Crippen LogP contribution is -2.10. The summed E-state index contributed by atoms with van der Waals surface area (Å²) in [5.74, 6) is 0. The number of hydrogen-bond acceptors (Lipinski definition) is 2. The fourth-order valence-electron chi connectivity index (χ4n) is 17.2. The third kappa shape index (κ3) is 11.0. The van der Waals surface area contributed by atoms with E-state index in [1.165, 1.54) is 131 Å². The van der Waals surface area contributed by atoms with Crippen molar-refractivity contribution in [2.75, 3.05) is 9.80 Å². The number of hydrogen-bond donors (Lipinski definition) is 0. The highest BCUT2D eigenvalue weighted by atomic mass is 15.2.